The van der Waals surface area contributed by atoms with Crippen LogP contribution < -0.4 is 18.9 Å². The molecule has 0 aromatic rings. The summed E-state index contributed by atoms with van der Waals surface area (Å²) in [5.74, 6) is -0.551. The van der Waals surface area contributed by atoms with E-state index in [-0.39, 0.29) is 37.5 Å². The summed E-state index contributed by atoms with van der Waals surface area (Å²) in [5.41, 5.74) is 0. The summed E-state index contributed by atoms with van der Waals surface area (Å²) in [5, 5.41) is 0. The second-order valence-electron chi connectivity index (χ2n) is 2.60. The van der Waals surface area contributed by atoms with Crippen molar-refractivity contribution in [2.45, 2.75) is 12.8 Å². The number of hydrogen-bond acceptors (Lipinski definition) is 5. The molecule has 0 aromatic heterocycles. The van der Waals surface area contributed by atoms with E-state index in [1.165, 1.54) is 0 Å². The first-order valence-electron chi connectivity index (χ1n) is 3.32. The van der Waals surface area contributed by atoms with Crippen LogP contribution in [-0.4, -0.2) is 39.1 Å². The molecule has 0 aromatic carbocycles. The van der Waals surface area contributed by atoms with Crippen molar-refractivity contribution in [2.24, 2.45) is 0 Å². The van der Waals surface area contributed by atoms with E-state index in [0.29, 0.717) is 0 Å². The van der Waals surface area contributed by atoms with E-state index in [9.17, 15) is 21.4 Å². The average molecular weight is 222 g/mol. The zero-order valence-electron chi connectivity index (χ0n) is 7.69. The monoisotopic (exact) mass is 222 g/mol. The Balaban J connectivity index is 0. The Morgan fingerprint density at radius 2 is 1.38 bits per heavy atom. The maximum atomic E-state index is 10.5. The van der Waals surface area contributed by atoms with E-state index >= 15 is 0 Å². The van der Waals surface area contributed by atoms with Gasteiger partial charge in [0.1, 0.15) is 9.84 Å². The predicted octanol–water partition coefficient (Wildman–Crippen LogP) is -3.64. The van der Waals surface area contributed by atoms with Gasteiger partial charge in [0.2, 0.25) is 0 Å². The van der Waals surface area contributed by atoms with Gasteiger partial charge in [0, 0.05) is 17.8 Å². The standard InChI is InChI=1S/C5H12O5S2.Li/c1-11(6,7)4-2-3-5-12(8,9)10;/h2-5H2,1H3,(H,8,9,10);/q;+1/p-1. The summed E-state index contributed by atoms with van der Waals surface area (Å²) in [6.07, 6.45) is 1.40. The number of unbranched alkanes of at least 4 members (excludes halogenated alkanes) is 1. The quantitative estimate of drug-likeness (QED) is 0.272. The van der Waals surface area contributed by atoms with Crippen LogP contribution in [0.3, 0.4) is 0 Å². The Morgan fingerprint density at radius 1 is 1.00 bits per heavy atom. The van der Waals surface area contributed by atoms with Crippen molar-refractivity contribution in [3.63, 3.8) is 0 Å². The topological polar surface area (TPSA) is 91.3 Å². The van der Waals surface area contributed by atoms with Crippen molar-refractivity contribution in [3.05, 3.63) is 0 Å². The Kier molecular flexibility index (Phi) is 7.39. The second kappa shape index (κ2) is 6.04. The summed E-state index contributed by atoms with van der Waals surface area (Å²) in [4.78, 5) is 0. The molecule has 0 heterocycles. The van der Waals surface area contributed by atoms with Gasteiger partial charge < -0.3 is 4.55 Å². The maximum Gasteiger partial charge on any atom is 1.00 e. The molecular weight excluding hydrogens is 211 g/mol. The third-order valence-electron chi connectivity index (χ3n) is 1.16. The van der Waals surface area contributed by atoms with E-state index in [1.807, 2.05) is 0 Å². The average Bonchev–Trinajstić information content (AvgIpc) is 1.76. The van der Waals surface area contributed by atoms with Crippen molar-refractivity contribution in [2.75, 3.05) is 17.8 Å². The molecule has 0 fully saturated rings. The Hall–Kier alpha value is 0.457. The summed E-state index contributed by atoms with van der Waals surface area (Å²) in [7, 11) is -7.23. The summed E-state index contributed by atoms with van der Waals surface area (Å²) in [6.45, 7) is 0. The first kappa shape index (κ1) is 15.9. The number of hydrogen-bond donors (Lipinski definition) is 0. The van der Waals surface area contributed by atoms with Crippen molar-refractivity contribution in [1.29, 1.82) is 0 Å². The van der Waals surface area contributed by atoms with Crippen LogP contribution in [0, 0.1) is 0 Å². The van der Waals surface area contributed by atoms with Crippen molar-refractivity contribution < 1.29 is 40.2 Å². The van der Waals surface area contributed by atoms with Crippen molar-refractivity contribution in [1.82, 2.24) is 0 Å². The minimum absolute atomic E-state index is 0. The molecule has 0 spiro atoms. The molecule has 8 heteroatoms. The van der Waals surface area contributed by atoms with E-state index in [2.05, 4.69) is 0 Å². The van der Waals surface area contributed by atoms with Gasteiger partial charge in [-0.15, -0.1) is 0 Å². The fourth-order valence-corrected chi connectivity index (χ4v) is 1.93. The predicted molar refractivity (Wildman–Crippen MR) is 43.5 cm³/mol. The van der Waals surface area contributed by atoms with Crippen LogP contribution in [0.15, 0.2) is 0 Å². The molecule has 0 aliphatic heterocycles. The largest absolute Gasteiger partial charge is 1.00 e. The zero-order valence-corrected chi connectivity index (χ0v) is 9.32. The molecular formula is C5H11LiO5S2. The number of rotatable bonds is 5. The molecule has 0 aliphatic carbocycles. The van der Waals surface area contributed by atoms with Gasteiger partial charge in [-0.2, -0.15) is 0 Å². The fraction of sp³-hybridized carbons (Fsp3) is 1.00. The Labute approximate surface area is 90.8 Å². The Bertz CT molecular complexity index is 283. The molecule has 74 valence electrons. The van der Waals surface area contributed by atoms with Gasteiger partial charge in [-0.25, -0.2) is 16.8 Å². The van der Waals surface area contributed by atoms with E-state index in [4.69, 9.17) is 0 Å². The van der Waals surface area contributed by atoms with Crippen molar-refractivity contribution >= 4 is 20.0 Å². The fourth-order valence-electron chi connectivity index (χ4n) is 0.643. The molecule has 0 radical (unpaired) electrons. The van der Waals surface area contributed by atoms with Crippen LogP contribution in [0.4, 0.5) is 0 Å². The Morgan fingerprint density at radius 3 is 1.69 bits per heavy atom. The summed E-state index contributed by atoms with van der Waals surface area (Å²) in [6, 6.07) is 0. The molecule has 0 bridgehead atoms. The summed E-state index contributed by atoms with van der Waals surface area (Å²) < 4.78 is 51.2. The van der Waals surface area contributed by atoms with Crippen molar-refractivity contribution in [3.8, 4) is 0 Å². The van der Waals surface area contributed by atoms with Crippen LogP contribution in [0.5, 0.6) is 0 Å². The molecule has 0 unspecified atom stereocenters. The molecule has 0 saturated carbocycles. The zero-order chi connectivity index (χ0) is 9.83. The SMILES string of the molecule is CS(=O)(=O)CCCCS(=O)(=O)[O-].[Li+]. The summed E-state index contributed by atoms with van der Waals surface area (Å²) >= 11 is 0. The molecule has 0 aliphatic rings. The van der Waals surface area contributed by atoms with Crippen LogP contribution in [0.2, 0.25) is 0 Å². The first-order valence-corrected chi connectivity index (χ1v) is 6.96. The minimum Gasteiger partial charge on any atom is -0.748 e. The van der Waals surface area contributed by atoms with Gasteiger partial charge in [-0.1, -0.05) is 0 Å². The molecule has 13 heavy (non-hydrogen) atoms. The van der Waals surface area contributed by atoms with Gasteiger partial charge >= 0.3 is 18.9 Å². The smallest absolute Gasteiger partial charge is 0.748 e. The third-order valence-corrected chi connectivity index (χ3v) is 2.98. The molecule has 0 rings (SSSR count). The maximum absolute atomic E-state index is 10.5. The minimum atomic E-state index is -4.19. The van der Waals surface area contributed by atoms with E-state index in [1.54, 1.807) is 0 Å². The van der Waals surface area contributed by atoms with Gasteiger partial charge in [0.05, 0.1) is 10.1 Å². The van der Waals surface area contributed by atoms with Gasteiger partial charge in [0.25, 0.3) is 0 Å². The van der Waals surface area contributed by atoms with E-state index < -0.39 is 25.7 Å². The van der Waals surface area contributed by atoms with Crippen LogP contribution in [-0.2, 0) is 20.0 Å². The van der Waals surface area contributed by atoms with Gasteiger partial charge in [-0.05, 0) is 12.8 Å². The van der Waals surface area contributed by atoms with E-state index in [0.717, 1.165) is 6.26 Å². The third kappa shape index (κ3) is 15.2. The van der Waals surface area contributed by atoms with Gasteiger partial charge in [-0.3, -0.25) is 0 Å². The molecule has 0 saturated heterocycles. The number of sulfone groups is 1. The first-order chi connectivity index (χ1) is 5.21. The van der Waals surface area contributed by atoms with Crippen LogP contribution >= 0.6 is 0 Å². The molecule has 5 nitrogen and oxygen atoms in total. The molecule has 0 amide bonds. The van der Waals surface area contributed by atoms with Crippen LogP contribution in [0.1, 0.15) is 12.8 Å². The van der Waals surface area contributed by atoms with Gasteiger partial charge in [0.15, 0.2) is 0 Å². The van der Waals surface area contributed by atoms with Crippen LogP contribution in [0.25, 0.3) is 0 Å². The molecule has 0 N–H and O–H groups in total. The molecule has 0 atom stereocenters. The normalized spacial score (nSPS) is 12.2. The second-order valence-corrected chi connectivity index (χ2v) is 6.38.